The van der Waals surface area contributed by atoms with Crippen LogP contribution in [0.2, 0.25) is 0 Å². The zero-order valence-electron chi connectivity index (χ0n) is 14.8. The Morgan fingerprint density at radius 2 is 1.93 bits per heavy atom. The van der Waals surface area contributed by atoms with E-state index in [4.69, 9.17) is 0 Å². The number of nitrogens with one attached hydrogen (secondary N) is 2. The minimum absolute atomic E-state index is 0.128. The Bertz CT molecular complexity index is 1120. The highest BCUT2D eigenvalue weighted by Crippen LogP contribution is 2.28. The molecule has 2 N–H and O–H groups in total. The average molecular weight is 412 g/mol. The number of rotatable bonds is 6. The summed E-state index contributed by atoms with van der Waals surface area (Å²) in [5.41, 5.74) is 2.97. The predicted molar refractivity (Wildman–Crippen MR) is 110 cm³/mol. The Balaban J connectivity index is 1.43. The molecule has 2 aromatic carbocycles. The maximum absolute atomic E-state index is 12.7. The zero-order chi connectivity index (χ0) is 19.6. The lowest BCUT2D eigenvalue weighted by molar-refractivity contribution is -0.115. The zero-order valence-corrected chi connectivity index (χ0v) is 16.4. The van der Waals surface area contributed by atoms with Crippen molar-refractivity contribution in [1.82, 2.24) is 4.98 Å². The smallest absolute Gasteiger partial charge is 0.261 e. The molecule has 0 aliphatic carbocycles. The van der Waals surface area contributed by atoms with E-state index in [9.17, 15) is 13.2 Å². The van der Waals surface area contributed by atoms with Crippen molar-refractivity contribution < 1.29 is 13.2 Å². The fourth-order valence-electron chi connectivity index (χ4n) is 2.86. The molecule has 1 amide bonds. The fraction of sp³-hybridized carbons (Fsp3) is 0.100. The molecule has 1 aliphatic rings. The van der Waals surface area contributed by atoms with Crippen molar-refractivity contribution in [3.8, 4) is 0 Å². The minimum Gasteiger partial charge on any atom is -0.326 e. The summed E-state index contributed by atoms with van der Waals surface area (Å²) in [5, 5.41) is 2.70. The Morgan fingerprint density at radius 3 is 2.68 bits per heavy atom. The van der Waals surface area contributed by atoms with Gasteiger partial charge in [-0.25, -0.2) is 8.42 Å². The molecule has 0 unspecified atom stereocenters. The van der Waals surface area contributed by atoms with E-state index in [2.05, 4.69) is 15.0 Å². The van der Waals surface area contributed by atoms with Crippen LogP contribution in [0.25, 0.3) is 0 Å². The summed E-state index contributed by atoms with van der Waals surface area (Å²) in [6.07, 6.45) is 3.77. The number of nitrogens with zero attached hydrogens (tertiary/aromatic N) is 1. The van der Waals surface area contributed by atoms with Crippen LogP contribution in [0.1, 0.15) is 11.1 Å². The average Bonchev–Trinajstić information content (AvgIpc) is 3.07. The van der Waals surface area contributed by atoms with Gasteiger partial charge < -0.3 is 5.32 Å². The van der Waals surface area contributed by atoms with Gasteiger partial charge in [0.15, 0.2) is 0 Å². The van der Waals surface area contributed by atoms with E-state index in [1.807, 2.05) is 30.5 Å². The van der Waals surface area contributed by atoms with E-state index >= 15 is 0 Å². The number of anilines is 2. The molecule has 4 rings (SSSR count). The van der Waals surface area contributed by atoms with Gasteiger partial charge in [-0.1, -0.05) is 6.07 Å². The predicted octanol–water partition coefficient (Wildman–Crippen LogP) is 3.67. The molecule has 0 bridgehead atoms. The first-order valence-electron chi connectivity index (χ1n) is 8.57. The third-order valence-corrected chi connectivity index (χ3v) is 6.71. The van der Waals surface area contributed by atoms with Crippen molar-refractivity contribution in [2.24, 2.45) is 0 Å². The number of thioether (sulfide) groups is 1. The number of carbonyl (C=O) groups is 1. The van der Waals surface area contributed by atoms with Gasteiger partial charge in [0.2, 0.25) is 5.91 Å². The van der Waals surface area contributed by atoms with Crippen molar-refractivity contribution in [2.45, 2.75) is 22.0 Å². The number of hydrogen-bond donors (Lipinski definition) is 2. The fourth-order valence-corrected chi connectivity index (χ4v) is 4.80. The summed E-state index contributed by atoms with van der Waals surface area (Å²) < 4.78 is 27.9. The Labute approximate surface area is 167 Å². The summed E-state index contributed by atoms with van der Waals surface area (Å²) in [5.74, 6) is 0.665. The van der Waals surface area contributed by atoms with Crippen molar-refractivity contribution >= 4 is 39.1 Å². The summed E-state index contributed by atoms with van der Waals surface area (Å²) in [7, 11) is -3.72. The first-order chi connectivity index (χ1) is 13.5. The van der Waals surface area contributed by atoms with Crippen LogP contribution in [0.15, 0.2) is 76.8 Å². The summed E-state index contributed by atoms with van der Waals surface area (Å²) in [4.78, 5) is 16.7. The molecule has 1 aromatic heterocycles. The molecule has 6 nitrogen and oxygen atoms in total. The van der Waals surface area contributed by atoms with E-state index < -0.39 is 10.0 Å². The molecule has 0 atom stereocenters. The van der Waals surface area contributed by atoms with Crippen molar-refractivity contribution in [1.29, 1.82) is 0 Å². The van der Waals surface area contributed by atoms with E-state index in [-0.39, 0.29) is 17.2 Å². The van der Waals surface area contributed by atoms with Gasteiger partial charge in [-0.2, -0.15) is 0 Å². The number of sulfonamides is 1. The molecule has 0 saturated carbocycles. The molecule has 3 aromatic rings. The second kappa shape index (κ2) is 7.65. The summed E-state index contributed by atoms with van der Waals surface area (Å²) in [6, 6.07) is 15.8. The first-order valence-corrected chi connectivity index (χ1v) is 11.0. The van der Waals surface area contributed by atoms with Crippen LogP contribution in [0.3, 0.4) is 0 Å². The molecular formula is C20H17N3O3S2. The lowest BCUT2D eigenvalue weighted by Crippen LogP contribution is -2.13. The number of carbonyl (C=O) groups excluding carboxylic acids is 1. The van der Waals surface area contributed by atoms with Gasteiger partial charge in [-0.05, 0) is 59.7 Å². The van der Waals surface area contributed by atoms with Crippen LogP contribution < -0.4 is 10.0 Å². The highest BCUT2D eigenvalue weighted by molar-refractivity contribution is 7.98. The number of amides is 1. The third kappa shape index (κ3) is 4.18. The van der Waals surface area contributed by atoms with Crippen LogP contribution >= 0.6 is 11.8 Å². The van der Waals surface area contributed by atoms with Crippen LogP contribution in [0, 0.1) is 0 Å². The second-order valence-electron chi connectivity index (χ2n) is 6.32. The molecule has 1 aliphatic heterocycles. The highest BCUT2D eigenvalue weighted by Gasteiger charge is 2.21. The topological polar surface area (TPSA) is 88.2 Å². The molecule has 28 heavy (non-hydrogen) atoms. The van der Waals surface area contributed by atoms with E-state index in [0.29, 0.717) is 16.9 Å². The van der Waals surface area contributed by atoms with Gasteiger partial charge in [0, 0.05) is 34.4 Å². The van der Waals surface area contributed by atoms with Gasteiger partial charge >= 0.3 is 0 Å². The molecule has 2 heterocycles. The van der Waals surface area contributed by atoms with Gasteiger partial charge in [-0.3, -0.25) is 14.5 Å². The molecule has 8 heteroatoms. The lowest BCUT2D eigenvalue weighted by Gasteiger charge is -2.10. The Hall–Kier alpha value is -2.84. The number of aromatic nitrogens is 1. The largest absolute Gasteiger partial charge is 0.326 e. The van der Waals surface area contributed by atoms with Crippen molar-refractivity contribution in [3.05, 3.63) is 78.1 Å². The normalized spacial score (nSPS) is 13.1. The van der Waals surface area contributed by atoms with E-state index in [1.165, 1.54) is 12.1 Å². The quantitative estimate of drug-likeness (QED) is 0.604. The van der Waals surface area contributed by atoms with Crippen LogP contribution in [0.5, 0.6) is 0 Å². The van der Waals surface area contributed by atoms with Gasteiger partial charge in [0.1, 0.15) is 0 Å². The van der Waals surface area contributed by atoms with E-state index in [1.54, 1.807) is 36.2 Å². The lowest BCUT2D eigenvalue weighted by atomic mass is 10.2. The van der Waals surface area contributed by atoms with Gasteiger partial charge in [0.25, 0.3) is 10.0 Å². The number of hydrogen-bond acceptors (Lipinski definition) is 5. The number of pyridine rings is 1. The Morgan fingerprint density at radius 1 is 1.11 bits per heavy atom. The molecule has 0 spiro atoms. The second-order valence-corrected chi connectivity index (χ2v) is 9.05. The number of benzene rings is 2. The van der Waals surface area contributed by atoms with Gasteiger partial charge in [0.05, 0.1) is 11.3 Å². The standard InChI is InChI=1S/C20H17N3O3S2/c24-20-11-15-10-18(7-8-19(15)22-20)28(25,26)23-16-3-5-17(6-4-16)27-13-14-2-1-9-21-12-14/h1-10,12,23H,11,13H2,(H,22,24). The first kappa shape index (κ1) is 18.5. The molecular weight excluding hydrogens is 394 g/mol. The van der Waals surface area contributed by atoms with Crippen LogP contribution in [-0.2, 0) is 27.0 Å². The molecule has 142 valence electrons. The van der Waals surface area contributed by atoms with Crippen LogP contribution in [-0.4, -0.2) is 19.3 Å². The molecule has 0 radical (unpaired) electrons. The minimum atomic E-state index is -3.72. The summed E-state index contributed by atoms with van der Waals surface area (Å²) >= 11 is 1.65. The highest BCUT2D eigenvalue weighted by atomic mass is 32.2. The number of fused-ring (bicyclic) bond motifs is 1. The Kier molecular flexibility index (Phi) is 5.06. The van der Waals surface area contributed by atoms with Crippen molar-refractivity contribution in [2.75, 3.05) is 10.0 Å². The van der Waals surface area contributed by atoms with E-state index in [0.717, 1.165) is 16.2 Å². The SMILES string of the molecule is O=C1Cc2cc(S(=O)(=O)Nc3ccc(SCc4cccnc4)cc3)ccc2N1. The maximum Gasteiger partial charge on any atom is 0.261 e. The third-order valence-electron chi connectivity index (χ3n) is 4.25. The van der Waals surface area contributed by atoms with Crippen LogP contribution in [0.4, 0.5) is 11.4 Å². The summed E-state index contributed by atoms with van der Waals surface area (Å²) in [6.45, 7) is 0. The molecule has 0 fully saturated rings. The monoisotopic (exact) mass is 411 g/mol. The maximum atomic E-state index is 12.7. The molecule has 0 saturated heterocycles. The van der Waals surface area contributed by atoms with Gasteiger partial charge in [-0.15, -0.1) is 11.8 Å². The van der Waals surface area contributed by atoms with Crippen molar-refractivity contribution in [3.63, 3.8) is 0 Å².